The number of phenolic OH excluding ortho intramolecular Hbond substituents is 1. The number of ether oxygens (including phenoxy) is 3. The summed E-state index contributed by atoms with van der Waals surface area (Å²) in [7, 11) is 2.84. The first kappa shape index (κ1) is 24.6. The summed E-state index contributed by atoms with van der Waals surface area (Å²) < 4.78 is 71.6. The molecule has 0 amide bonds. The fraction of sp³-hybridized carbons (Fsp3) is 0.280. The average Bonchev–Trinajstić information content (AvgIpc) is 3.28. The van der Waals surface area contributed by atoms with Gasteiger partial charge in [-0.3, -0.25) is 0 Å². The molecule has 1 heterocycles. The van der Waals surface area contributed by atoms with E-state index in [1.165, 1.54) is 56.7 Å². The molecule has 3 aromatic carbocycles. The van der Waals surface area contributed by atoms with Crippen molar-refractivity contribution in [2.24, 2.45) is 0 Å². The van der Waals surface area contributed by atoms with Gasteiger partial charge < -0.3 is 19.3 Å². The molecule has 3 N–H and O–H groups in total. The van der Waals surface area contributed by atoms with Crippen molar-refractivity contribution < 1.29 is 36.9 Å². The van der Waals surface area contributed by atoms with Gasteiger partial charge in [0.1, 0.15) is 30.0 Å². The third-order valence-corrected chi connectivity index (χ3v) is 5.95. The van der Waals surface area contributed by atoms with Crippen LogP contribution in [0.4, 0.5) is 17.6 Å². The minimum absolute atomic E-state index is 0.0703. The van der Waals surface area contributed by atoms with Gasteiger partial charge >= 0.3 is 6.18 Å². The summed E-state index contributed by atoms with van der Waals surface area (Å²) in [4.78, 5) is 0. The number of hydrogen-bond donors (Lipinski definition) is 3. The van der Waals surface area contributed by atoms with E-state index < -0.39 is 30.0 Å². The first-order valence-corrected chi connectivity index (χ1v) is 10.7. The predicted octanol–water partition coefficient (Wildman–Crippen LogP) is 4.99. The zero-order valence-corrected chi connectivity index (χ0v) is 18.9. The lowest BCUT2D eigenvalue weighted by Crippen LogP contribution is -2.43. The number of alkyl halides is 3. The van der Waals surface area contributed by atoms with Crippen LogP contribution in [0, 0.1) is 5.82 Å². The molecule has 1 aliphatic rings. The van der Waals surface area contributed by atoms with Gasteiger partial charge in [-0.15, -0.1) is 0 Å². The number of benzene rings is 3. The Morgan fingerprint density at radius 1 is 0.914 bits per heavy atom. The Balaban J connectivity index is 1.63. The predicted molar refractivity (Wildman–Crippen MR) is 120 cm³/mol. The Kier molecular flexibility index (Phi) is 7.04. The molecule has 186 valence electrons. The SMILES string of the molecule is COc1ccc(C2C(c3ccc(OCc4ccccc4F)cc3O)NNC2C(F)(F)F)cc1OC. The number of aromatic hydroxyl groups is 1. The highest BCUT2D eigenvalue weighted by atomic mass is 19.4. The summed E-state index contributed by atoms with van der Waals surface area (Å²) in [5.41, 5.74) is 5.91. The van der Waals surface area contributed by atoms with Crippen LogP contribution in [0.15, 0.2) is 60.7 Å². The minimum atomic E-state index is -4.57. The maximum absolute atomic E-state index is 13.9. The summed E-state index contributed by atoms with van der Waals surface area (Å²) in [5.74, 6) is -0.900. The standard InChI is InChI=1S/C25H24F4N2O4/c1-33-20-10-7-14(11-21(20)34-2)22-23(30-31-24(22)25(27,28)29)17-9-8-16(12-19(17)32)35-13-15-5-3-4-6-18(15)26/h3-12,22-24,30-32H,13H2,1-2H3. The maximum atomic E-state index is 13.9. The van der Waals surface area contributed by atoms with Crippen molar-refractivity contribution in [3.8, 4) is 23.0 Å². The minimum Gasteiger partial charge on any atom is -0.507 e. The van der Waals surface area contributed by atoms with Crippen LogP contribution < -0.4 is 25.1 Å². The van der Waals surface area contributed by atoms with Gasteiger partial charge in [-0.1, -0.05) is 30.3 Å². The van der Waals surface area contributed by atoms with Gasteiger partial charge in [0.05, 0.1) is 20.3 Å². The number of methoxy groups -OCH3 is 2. The fourth-order valence-corrected chi connectivity index (χ4v) is 4.21. The van der Waals surface area contributed by atoms with Crippen LogP contribution in [-0.2, 0) is 6.61 Å². The molecule has 0 spiro atoms. The average molecular weight is 492 g/mol. The first-order valence-electron chi connectivity index (χ1n) is 10.7. The second-order valence-corrected chi connectivity index (χ2v) is 8.03. The molecule has 35 heavy (non-hydrogen) atoms. The van der Waals surface area contributed by atoms with E-state index >= 15 is 0 Å². The monoisotopic (exact) mass is 492 g/mol. The van der Waals surface area contributed by atoms with Gasteiger partial charge in [0.25, 0.3) is 0 Å². The van der Waals surface area contributed by atoms with Crippen LogP contribution >= 0.6 is 0 Å². The summed E-state index contributed by atoms with van der Waals surface area (Å²) in [6, 6.07) is 12.1. The molecule has 0 radical (unpaired) electrons. The lowest BCUT2D eigenvalue weighted by Gasteiger charge is -2.26. The van der Waals surface area contributed by atoms with E-state index in [2.05, 4.69) is 10.9 Å². The van der Waals surface area contributed by atoms with E-state index in [0.29, 0.717) is 16.9 Å². The topological polar surface area (TPSA) is 72.0 Å². The van der Waals surface area contributed by atoms with Crippen LogP contribution in [0.25, 0.3) is 0 Å². The van der Waals surface area contributed by atoms with Crippen molar-refractivity contribution in [1.82, 2.24) is 10.9 Å². The Morgan fingerprint density at radius 3 is 2.31 bits per heavy atom. The highest BCUT2D eigenvalue weighted by Gasteiger charge is 2.52. The summed E-state index contributed by atoms with van der Waals surface area (Å²) in [6.45, 7) is -0.0703. The van der Waals surface area contributed by atoms with E-state index in [9.17, 15) is 22.7 Å². The number of phenols is 1. The van der Waals surface area contributed by atoms with Gasteiger partial charge in [0.2, 0.25) is 0 Å². The van der Waals surface area contributed by atoms with Crippen LogP contribution in [0.3, 0.4) is 0 Å². The third kappa shape index (κ3) is 5.13. The van der Waals surface area contributed by atoms with Crippen molar-refractivity contribution in [1.29, 1.82) is 0 Å². The molecule has 0 aromatic heterocycles. The molecule has 10 heteroatoms. The smallest absolute Gasteiger partial charge is 0.405 e. The van der Waals surface area contributed by atoms with E-state index in [4.69, 9.17) is 14.2 Å². The molecule has 3 atom stereocenters. The Bertz CT molecular complexity index is 1190. The molecule has 6 nitrogen and oxygen atoms in total. The van der Waals surface area contributed by atoms with E-state index in [0.717, 1.165) is 0 Å². The lowest BCUT2D eigenvalue weighted by molar-refractivity contribution is -0.156. The lowest BCUT2D eigenvalue weighted by atomic mass is 9.83. The Labute approximate surface area is 199 Å². The molecule has 0 bridgehead atoms. The van der Waals surface area contributed by atoms with Crippen LogP contribution in [0.5, 0.6) is 23.0 Å². The second kappa shape index (κ2) is 10.0. The molecule has 1 saturated heterocycles. The third-order valence-electron chi connectivity index (χ3n) is 5.95. The quantitative estimate of drug-likeness (QED) is 0.404. The van der Waals surface area contributed by atoms with E-state index in [1.54, 1.807) is 18.2 Å². The molecule has 4 rings (SSSR count). The van der Waals surface area contributed by atoms with Gasteiger partial charge in [0, 0.05) is 23.1 Å². The maximum Gasteiger partial charge on any atom is 0.405 e. The largest absolute Gasteiger partial charge is 0.507 e. The van der Waals surface area contributed by atoms with Crippen molar-refractivity contribution in [3.63, 3.8) is 0 Å². The van der Waals surface area contributed by atoms with Crippen molar-refractivity contribution in [2.45, 2.75) is 30.8 Å². The molecule has 0 saturated carbocycles. The van der Waals surface area contributed by atoms with E-state index in [1.807, 2.05) is 0 Å². The summed E-state index contributed by atoms with van der Waals surface area (Å²) in [6.07, 6.45) is -4.57. The van der Waals surface area contributed by atoms with Gasteiger partial charge in [-0.05, 0) is 29.8 Å². The summed E-state index contributed by atoms with van der Waals surface area (Å²) >= 11 is 0. The highest BCUT2D eigenvalue weighted by molar-refractivity contribution is 5.48. The van der Waals surface area contributed by atoms with E-state index in [-0.39, 0.29) is 29.4 Å². The molecule has 1 fully saturated rings. The van der Waals surface area contributed by atoms with Crippen molar-refractivity contribution >= 4 is 0 Å². The van der Waals surface area contributed by atoms with Gasteiger partial charge in [-0.2, -0.15) is 13.2 Å². The molecule has 1 aliphatic heterocycles. The Morgan fingerprint density at radius 2 is 1.66 bits per heavy atom. The highest BCUT2D eigenvalue weighted by Crippen LogP contribution is 2.47. The molecular weight excluding hydrogens is 468 g/mol. The number of nitrogens with one attached hydrogen (secondary N) is 2. The zero-order valence-electron chi connectivity index (χ0n) is 18.9. The fourth-order valence-electron chi connectivity index (χ4n) is 4.21. The van der Waals surface area contributed by atoms with Crippen molar-refractivity contribution in [3.05, 3.63) is 83.2 Å². The molecular formula is C25H24F4N2O4. The van der Waals surface area contributed by atoms with Gasteiger partial charge in [0.15, 0.2) is 11.5 Å². The molecule has 3 unspecified atom stereocenters. The normalized spacial score (nSPS) is 20.0. The first-order chi connectivity index (χ1) is 16.7. The molecule has 0 aliphatic carbocycles. The number of hydrazine groups is 1. The number of hydrogen-bond acceptors (Lipinski definition) is 6. The van der Waals surface area contributed by atoms with Crippen molar-refractivity contribution in [2.75, 3.05) is 14.2 Å². The number of halogens is 4. The Hall–Kier alpha value is -3.50. The molecule has 3 aromatic rings. The number of rotatable bonds is 7. The zero-order chi connectivity index (χ0) is 25.2. The summed E-state index contributed by atoms with van der Waals surface area (Å²) in [5, 5.41) is 10.7. The van der Waals surface area contributed by atoms with Gasteiger partial charge in [-0.25, -0.2) is 15.2 Å². The second-order valence-electron chi connectivity index (χ2n) is 8.03. The van der Waals surface area contributed by atoms with Crippen LogP contribution in [0.1, 0.15) is 28.7 Å². The van der Waals surface area contributed by atoms with Crippen LogP contribution in [0.2, 0.25) is 0 Å². The van der Waals surface area contributed by atoms with Crippen LogP contribution in [-0.4, -0.2) is 31.5 Å².